The molecule has 1 aliphatic heterocycles. The maximum atomic E-state index is 12.5. The number of rotatable bonds is 7. The molecule has 0 bridgehead atoms. The molecule has 28 heavy (non-hydrogen) atoms. The Bertz CT molecular complexity index is 1000. The van der Waals surface area contributed by atoms with Gasteiger partial charge in [0.05, 0.1) is 10.5 Å². The van der Waals surface area contributed by atoms with Crippen LogP contribution < -0.4 is 19.5 Å². The molecule has 9 nitrogen and oxygen atoms in total. The van der Waals surface area contributed by atoms with Crippen molar-refractivity contribution in [2.24, 2.45) is 0 Å². The molecule has 3 rings (SSSR count). The number of nitrogens with one attached hydrogen (secondary N) is 2. The maximum Gasteiger partial charge on any atom is 0.338 e. The Morgan fingerprint density at radius 3 is 2.68 bits per heavy atom. The Morgan fingerprint density at radius 1 is 1.11 bits per heavy atom. The predicted molar refractivity (Wildman–Crippen MR) is 97.4 cm³/mol. The monoisotopic (exact) mass is 406 g/mol. The lowest BCUT2D eigenvalue weighted by atomic mass is 10.2. The fraction of sp³-hybridized carbons (Fsp3) is 0.222. The Balaban J connectivity index is 1.68. The van der Waals surface area contributed by atoms with Crippen LogP contribution in [0.3, 0.4) is 0 Å². The molecular weight excluding hydrogens is 388 g/mol. The van der Waals surface area contributed by atoms with E-state index < -0.39 is 28.5 Å². The molecule has 0 unspecified atom stereocenters. The lowest BCUT2D eigenvalue weighted by Crippen LogP contribution is -2.25. The highest BCUT2D eigenvalue weighted by Crippen LogP contribution is 2.32. The Hall–Kier alpha value is -3.11. The first-order valence-electron chi connectivity index (χ1n) is 8.25. The summed E-state index contributed by atoms with van der Waals surface area (Å²) in [5.41, 5.74) is 0.712. The van der Waals surface area contributed by atoms with Gasteiger partial charge < -0.3 is 19.5 Å². The topological polar surface area (TPSA) is 120 Å². The number of fused-ring (bicyclic) bond motifs is 1. The number of carbonyl (C=O) groups is 2. The fourth-order valence-electron chi connectivity index (χ4n) is 2.39. The van der Waals surface area contributed by atoms with Gasteiger partial charge in [-0.15, -0.1) is 0 Å². The van der Waals surface area contributed by atoms with E-state index in [2.05, 4.69) is 10.0 Å². The van der Waals surface area contributed by atoms with E-state index in [1.54, 1.807) is 18.2 Å². The highest BCUT2D eigenvalue weighted by atomic mass is 32.2. The zero-order chi connectivity index (χ0) is 20.1. The highest BCUT2D eigenvalue weighted by molar-refractivity contribution is 7.89. The fourth-order valence-corrected chi connectivity index (χ4v) is 3.45. The molecule has 2 aromatic rings. The molecule has 2 N–H and O–H groups in total. The molecular formula is C18H18N2O7S. The van der Waals surface area contributed by atoms with Crippen LogP contribution in [0.2, 0.25) is 0 Å². The first kappa shape index (κ1) is 19.6. The smallest absolute Gasteiger partial charge is 0.338 e. The first-order chi connectivity index (χ1) is 13.4. The van der Waals surface area contributed by atoms with E-state index in [1.165, 1.54) is 31.3 Å². The second kappa shape index (κ2) is 8.28. The quantitative estimate of drug-likeness (QED) is 0.653. The van der Waals surface area contributed by atoms with Crippen molar-refractivity contribution in [3.8, 4) is 11.5 Å². The molecule has 1 amide bonds. The molecule has 0 aliphatic carbocycles. The Labute approximate surface area is 161 Å². The third kappa shape index (κ3) is 4.59. The summed E-state index contributed by atoms with van der Waals surface area (Å²) in [7, 11) is -2.46. The van der Waals surface area contributed by atoms with Crippen molar-refractivity contribution >= 4 is 21.9 Å². The molecule has 0 aromatic heterocycles. The number of ether oxygens (including phenoxy) is 3. The minimum absolute atomic E-state index is 0.0230. The number of benzene rings is 2. The van der Waals surface area contributed by atoms with E-state index in [-0.39, 0.29) is 23.8 Å². The number of sulfonamides is 1. The van der Waals surface area contributed by atoms with E-state index in [4.69, 9.17) is 14.2 Å². The van der Waals surface area contributed by atoms with Crippen LogP contribution in [0.5, 0.6) is 11.5 Å². The van der Waals surface area contributed by atoms with Gasteiger partial charge in [-0.2, -0.15) is 0 Å². The zero-order valence-corrected chi connectivity index (χ0v) is 15.7. The summed E-state index contributed by atoms with van der Waals surface area (Å²) in [6.45, 7) is -0.285. The van der Waals surface area contributed by atoms with E-state index in [0.29, 0.717) is 17.1 Å². The van der Waals surface area contributed by atoms with Crippen LogP contribution in [0.15, 0.2) is 47.4 Å². The molecule has 0 radical (unpaired) electrons. The molecule has 1 aliphatic rings. The maximum absolute atomic E-state index is 12.5. The number of esters is 1. The predicted octanol–water partition coefficient (Wildman–Crippen LogP) is 0.797. The van der Waals surface area contributed by atoms with Crippen LogP contribution in [-0.4, -0.2) is 40.7 Å². The molecule has 0 saturated carbocycles. The average Bonchev–Trinajstić information content (AvgIpc) is 3.18. The van der Waals surface area contributed by atoms with Gasteiger partial charge in [0.15, 0.2) is 18.1 Å². The van der Waals surface area contributed by atoms with Gasteiger partial charge >= 0.3 is 5.97 Å². The largest absolute Gasteiger partial charge is 0.454 e. The second-order valence-electron chi connectivity index (χ2n) is 5.79. The number of carbonyl (C=O) groups excluding carboxylic acids is 2. The molecule has 10 heteroatoms. The summed E-state index contributed by atoms with van der Waals surface area (Å²) in [6.07, 6.45) is 0. The number of hydrogen-bond acceptors (Lipinski definition) is 7. The van der Waals surface area contributed by atoms with Crippen molar-refractivity contribution < 1.29 is 32.2 Å². The summed E-state index contributed by atoms with van der Waals surface area (Å²) < 4.78 is 42.9. The second-order valence-corrected chi connectivity index (χ2v) is 7.56. The van der Waals surface area contributed by atoms with Gasteiger partial charge in [-0.05, 0) is 35.9 Å². The SMILES string of the molecule is CNC(=O)COC(=O)c1cccc(S(=O)(=O)NCc2ccc3c(c2)OCO3)c1. The molecule has 1 heterocycles. The van der Waals surface area contributed by atoms with Gasteiger partial charge in [0, 0.05) is 13.6 Å². The van der Waals surface area contributed by atoms with Crippen molar-refractivity contribution in [1.29, 1.82) is 0 Å². The minimum atomic E-state index is -3.87. The Morgan fingerprint density at radius 2 is 1.89 bits per heavy atom. The zero-order valence-electron chi connectivity index (χ0n) is 14.9. The number of likely N-dealkylation sites (N-methyl/N-ethyl adjacent to an activating group) is 1. The van der Waals surface area contributed by atoms with Gasteiger partial charge in [0.25, 0.3) is 5.91 Å². The standard InChI is InChI=1S/C18H18N2O7S/c1-19-17(21)10-25-18(22)13-3-2-4-14(8-13)28(23,24)20-9-12-5-6-15-16(7-12)27-11-26-15/h2-8,20H,9-11H2,1H3,(H,19,21). The molecule has 0 fully saturated rings. The van der Waals surface area contributed by atoms with Crippen LogP contribution in [-0.2, 0) is 26.1 Å². The van der Waals surface area contributed by atoms with Crippen molar-refractivity contribution in [3.05, 3.63) is 53.6 Å². The lowest BCUT2D eigenvalue weighted by molar-refractivity contribution is -0.123. The summed E-state index contributed by atoms with van der Waals surface area (Å²) in [6, 6.07) is 10.5. The van der Waals surface area contributed by atoms with Gasteiger partial charge in [0.2, 0.25) is 16.8 Å². The third-order valence-corrected chi connectivity index (χ3v) is 5.30. The van der Waals surface area contributed by atoms with Gasteiger partial charge in [-0.1, -0.05) is 12.1 Å². The lowest BCUT2D eigenvalue weighted by Gasteiger charge is -2.09. The number of hydrogen-bond donors (Lipinski definition) is 2. The normalized spacial score (nSPS) is 12.5. The summed E-state index contributed by atoms with van der Waals surface area (Å²) in [4.78, 5) is 23.0. The van der Waals surface area contributed by atoms with Gasteiger partial charge in [-0.25, -0.2) is 17.9 Å². The Kier molecular flexibility index (Phi) is 5.81. The van der Waals surface area contributed by atoms with Crippen molar-refractivity contribution in [1.82, 2.24) is 10.0 Å². The van der Waals surface area contributed by atoms with Crippen LogP contribution >= 0.6 is 0 Å². The van der Waals surface area contributed by atoms with Crippen molar-refractivity contribution in [3.63, 3.8) is 0 Å². The van der Waals surface area contributed by atoms with Gasteiger partial charge in [0.1, 0.15) is 0 Å². The summed E-state index contributed by atoms with van der Waals surface area (Å²) in [5, 5.41) is 2.32. The average molecular weight is 406 g/mol. The van der Waals surface area contributed by atoms with E-state index in [9.17, 15) is 18.0 Å². The summed E-state index contributed by atoms with van der Waals surface area (Å²) >= 11 is 0. The molecule has 0 spiro atoms. The van der Waals surface area contributed by atoms with Crippen LogP contribution in [0.1, 0.15) is 15.9 Å². The van der Waals surface area contributed by atoms with Crippen LogP contribution in [0.4, 0.5) is 0 Å². The number of amides is 1. The van der Waals surface area contributed by atoms with Crippen LogP contribution in [0, 0.1) is 0 Å². The van der Waals surface area contributed by atoms with Crippen molar-refractivity contribution in [2.45, 2.75) is 11.4 Å². The van der Waals surface area contributed by atoms with Gasteiger partial charge in [-0.3, -0.25) is 4.79 Å². The first-order valence-corrected chi connectivity index (χ1v) is 9.73. The molecule has 0 saturated heterocycles. The van der Waals surface area contributed by atoms with E-state index in [0.717, 1.165) is 0 Å². The van der Waals surface area contributed by atoms with Crippen LogP contribution in [0.25, 0.3) is 0 Å². The van der Waals surface area contributed by atoms with E-state index >= 15 is 0 Å². The van der Waals surface area contributed by atoms with Crippen molar-refractivity contribution in [2.75, 3.05) is 20.4 Å². The van der Waals surface area contributed by atoms with E-state index in [1.807, 2.05) is 0 Å². The third-order valence-electron chi connectivity index (χ3n) is 3.90. The molecule has 148 valence electrons. The summed E-state index contributed by atoms with van der Waals surface area (Å²) in [5.74, 6) is -0.105. The molecule has 2 aromatic carbocycles. The molecule has 0 atom stereocenters. The minimum Gasteiger partial charge on any atom is -0.454 e. The highest BCUT2D eigenvalue weighted by Gasteiger charge is 2.18.